The molecule has 560 valence electrons. The predicted molar refractivity (Wildman–Crippen MR) is 344 cm³/mol. The van der Waals surface area contributed by atoms with Gasteiger partial charge in [-0.15, -0.1) is 0 Å². The molecule has 0 radical (unpaired) electrons. The Kier molecular flexibility index (Phi) is 24.3. The van der Waals surface area contributed by atoms with Crippen molar-refractivity contribution < 1.29 is 132 Å². The Balaban J connectivity index is 0.900. The summed E-state index contributed by atoms with van der Waals surface area (Å²) in [4.78, 5) is 98.3. The Morgan fingerprint density at radius 3 is 1.94 bits per heavy atom. The highest BCUT2D eigenvalue weighted by molar-refractivity contribution is 7.90. The number of rotatable bonds is 17. The van der Waals surface area contributed by atoms with Gasteiger partial charge in [-0.2, -0.15) is 0 Å². The first-order valence-corrected chi connectivity index (χ1v) is 34.2. The first kappa shape index (κ1) is 76.7. The molecule has 3 aromatic rings. The van der Waals surface area contributed by atoms with E-state index in [1.807, 2.05) is 0 Å². The number of para-hydroxylation sites is 1. The number of benzene rings is 3. The Morgan fingerprint density at radius 1 is 0.647 bits per heavy atom. The van der Waals surface area contributed by atoms with Gasteiger partial charge < -0.3 is 143 Å². The fourth-order valence-corrected chi connectivity index (χ4v) is 13.4. The number of guanidine groups is 2. The van der Waals surface area contributed by atoms with E-state index >= 15 is 9.59 Å². The SMILES string of the molecule is Cc1ccccc1N1C(=O)CNC(=O)C(CO)NC(=O)C(C(O)C2CN=C(N)N2C2OC(CO)C(O)C(O)C2O)NC(=O)C(C(O)C2CN=C(N)N2)NC(=O)C(Cc2ccc(OC3OC(CO)C(OC4OC5COC(c6ccc(S(C)(=O)=O)cc6)OC5C(O)C4O)C(O)C3O)cc2)NC(=O)C1C. The van der Waals surface area contributed by atoms with Crippen molar-refractivity contribution in [2.45, 2.75) is 178 Å². The number of carbonyl (C=O) groups is 6. The second-order valence-corrected chi connectivity index (χ2v) is 27.5. The average molecular weight is 1460 g/mol. The van der Waals surface area contributed by atoms with Gasteiger partial charge in [-0.1, -0.05) is 42.5 Å². The molecule has 5 saturated heterocycles. The molecule has 102 heavy (non-hydrogen) atoms. The lowest BCUT2D eigenvalue weighted by Gasteiger charge is -2.48. The Hall–Kier alpha value is -7.95. The highest BCUT2D eigenvalue weighted by Crippen LogP contribution is 2.37. The summed E-state index contributed by atoms with van der Waals surface area (Å²) in [7, 11) is -3.52. The van der Waals surface area contributed by atoms with Gasteiger partial charge in [0.25, 0.3) is 0 Å². The summed E-state index contributed by atoms with van der Waals surface area (Å²) in [5.41, 5.74) is 13.4. The van der Waals surface area contributed by atoms with E-state index in [9.17, 15) is 88.9 Å². The number of fused-ring (bicyclic) bond motifs is 1. The minimum atomic E-state index is -3.52. The van der Waals surface area contributed by atoms with Crippen molar-refractivity contribution in [1.29, 1.82) is 0 Å². The number of aliphatic hydroxyl groups excluding tert-OH is 12. The molecule has 10 rings (SSSR count). The number of nitrogens with two attached hydrogens (primary N) is 2. The molecule has 0 aromatic heterocycles. The number of ether oxygens (including phenoxy) is 7. The van der Waals surface area contributed by atoms with Crippen LogP contribution < -0.4 is 53.0 Å². The molecule has 39 nitrogen and oxygen atoms in total. The number of aryl methyl sites for hydroxylation is 1. The molecule has 7 aliphatic rings. The van der Waals surface area contributed by atoms with Crippen LogP contribution in [0, 0.1) is 6.92 Å². The zero-order chi connectivity index (χ0) is 73.9. The molecular formula is C62H84N12O27S. The summed E-state index contributed by atoms with van der Waals surface area (Å²) in [6.07, 6.45) is -30.6. The van der Waals surface area contributed by atoms with Crippen LogP contribution >= 0.6 is 0 Å². The van der Waals surface area contributed by atoms with E-state index < -0.39 is 243 Å². The summed E-state index contributed by atoms with van der Waals surface area (Å²) in [6.45, 7) is -2.06. The van der Waals surface area contributed by atoms with Crippen molar-refractivity contribution in [3.8, 4) is 5.75 Å². The maximum absolute atomic E-state index is 15.2. The van der Waals surface area contributed by atoms with Gasteiger partial charge in [-0.25, -0.2) is 8.42 Å². The van der Waals surface area contributed by atoms with Crippen molar-refractivity contribution in [3.63, 3.8) is 0 Å². The molecule has 25 atom stereocenters. The van der Waals surface area contributed by atoms with Crippen LogP contribution in [0.2, 0.25) is 0 Å². The third kappa shape index (κ3) is 16.5. The zero-order valence-electron chi connectivity index (χ0n) is 54.9. The third-order valence-corrected chi connectivity index (χ3v) is 19.7. The van der Waals surface area contributed by atoms with Crippen molar-refractivity contribution in [2.75, 3.05) is 57.2 Å². The fraction of sp³-hybridized carbons (Fsp3) is 0.581. The summed E-state index contributed by atoms with van der Waals surface area (Å²) < 4.78 is 65.1. The summed E-state index contributed by atoms with van der Waals surface area (Å²) in [6, 6.07) is 4.46. The molecule has 0 bridgehead atoms. The van der Waals surface area contributed by atoms with Crippen molar-refractivity contribution in [3.05, 3.63) is 89.5 Å². The molecule has 7 heterocycles. The molecule has 22 N–H and O–H groups in total. The third-order valence-electron chi connectivity index (χ3n) is 18.6. The van der Waals surface area contributed by atoms with Gasteiger partial charge in [-0.05, 0) is 55.3 Å². The smallest absolute Gasteiger partial charge is 0.247 e. The highest BCUT2D eigenvalue weighted by Gasteiger charge is 2.55. The van der Waals surface area contributed by atoms with E-state index in [0.717, 1.165) is 16.1 Å². The highest BCUT2D eigenvalue weighted by atomic mass is 32.2. The van der Waals surface area contributed by atoms with Crippen LogP contribution in [0.3, 0.4) is 0 Å². The van der Waals surface area contributed by atoms with E-state index in [1.165, 1.54) is 61.5 Å². The first-order chi connectivity index (χ1) is 48.4. The lowest BCUT2D eigenvalue weighted by Crippen LogP contribution is -2.70. The maximum atomic E-state index is 15.2. The Labute approximate surface area is 581 Å². The molecular weight excluding hydrogens is 1380 g/mol. The topological polar surface area (TPSA) is 599 Å². The van der Waals surface area contributed by atoms with Gasteiger partial charge in [0.1, 0.15) is 121 Å². The van der Waals surface area contributed by atoms with E-state index in [-0.39, 0.29) is 41.0 Å². The van der Waals surface area contributed by atoms with E-state index in [4.69, 9.17) is 44.6 Å². The van der Waals surface area contributed by atoms with E-state index in [2.05, 4.69) is 41.9 Å². The molecule has 40 heteroatoms. The van der Waals surface area contributed by atoms with Gasteiger partial charge in [0.2, 0.25) is 41.7 Å². The lowest BCUT2D eigenvalue weighted by atomic mass is 9.95. The molecule has 3 aromatic carbocycles. The monoisotopic (exact) mass is 1460 g/mol. The standard InChI is InChI=1S/C62H84N12O27S/c1-24-6-4-5-7-33(24)73-25(2)52(88)68-30(16-26-8-12-28(13-9-26)96-59-48(86)45(83)50(36(22-77)98-59)101-60-49(87)46(84)51-37(99-60)23-95-58(100-51)27-10-14-29(15-11-27)102(3,93)94)54(90)71-39(41(79)31-17-66-61(63)70-31)56(92)72-40(55(91)69-32(20-75)53(89)65-19-38(73)78)42(80)34-18-67-62(64)74(34)57-47(85)44(82)43(81)35(21-76)97-57/h4-15,25,30-32,34-37,39-51,57-60,75-77,79-87H,16-23H2,1-3H3,(H2,64,67)(H,65,89)(H,68,88)(H,69,91)(H,71,90)(H,72,92)(H3,63,66,70). The predicted octanol–water partition coefficient (Wildman–Crippen LogP) is -11.0. The van der Waals surface area contributed by atoms with Crippen LogP contribution in [0.15, 0.2) is 87.7 Å². The van der Waals surface area contributed by atoms with Gasteiger partial charge in [0, 0.05) is 23.9 Å². The Bertz CT molecular complexity index is 3680. The van der Waals surface area contributed by atoms with E-state index in [1.54, 1.807) is 25.1 Å². The second kappa shape index (κ2) is 32.4. The average Bonchev–Trinajstić information content (AvgIpc) is 1.42. The van der Waals surface area contributed by atoms with Gasteiger partial charge in [-0.3, -0.25) is 43.7 Å². The van der Waals surface area contributed by atoms with Crippen molar-refractivity contribution in [1.82, 2.24) is 36.8 Å². The molecule has 6 amide bonds. The molecule has 5 fully saturated rings. The lowest BCUT2D eigenvalue weighted by molar-refractivity contribution is -0.383. The second-order valence-electron chi connectivity index (χ2n) is 25.5. The van der Waals surface area contributed by atoms with Gasteiger partial charge in [0.15, 0.2) is 40.6 Å². The van der Waals surface area contributed by atoms with Gasteiger partial charge >= 0.3 is 0 Å². The van der Waals surface area contributed by atoms with Crippen LogP contribution in [0.1, 0.15) is 29.9 Å². The number of nitrogens with zero attached hydrogens (tertiary/aromatic N) is 4. The summed E-state index contributed by atoms with van der Waals surface area (Å²) >= 11 is 0. The Morgan fingerprint density at radius 2 is 1.29 bits per heavy atom. The number of hydrogen-bond acceptors (Lipinski definition) is 33. The van der Waals surface area contributed by atoms with Crippen LogP contribution in [0.4, 0.5) is 5.69 Å². The van der Waals surface area contributed by atoms with Crippen LogP contribution in [0.5, 0.6) is 5.75 Å². The number of carbonyl (C=O) groups excluding carboxylic acids is 6. The van der Waals surface area contributed by atoms with Crippen LogP contribution in [0.25, 0.3) is 0 Å². The number of hydrogen-bond donors (Lipinski definition) is 20. The first-order valence-electron chi connectivity index (χ1n) is 32.3. The number of aliphatic imine (C=N–C) groups is 2. The van der Waals surface area contributed by atoms with Crippen molar-refractivity contribution in [2.24, 2.45) is 21.5 Å². The van der Waals surface area contributed by atoms with Crippen LogP contribution in [-0.2, 0) is 73.4 Å². The number of sulfone groups is 1. The molecule has 25 unspecified atom stereocenters. The van der Waals surface area contributed by atoms with Crippen LogP contribution in [-0.4, -0.2) is 321 Å². The number of aliphatic hydroxyl groups is 12. The fourth-order valence-electron chi connectivity index (χ4n) is 12.8. The molecule has 0 aliphatic carbocycles. The molecule has 7 aliphatic heterocycles. The summed E-state index contributed by atoms with van der Waals surface area (Å²) in [5, 5.41) is 148. The number of anilines is 1. The molecule has 0 saturated carbocycles. The largest absolute Gasteiger partial charge is 0.462 e. The van der Waals surface area contributed by atoms with Crippen molar-refractivity contribution >= 4 is 62.9 Å². The maximum Gasteiger partial charge on any atom is 0.247 e. The van der Waals surface area contributed by atoms with Gasteiger partial charge in [0.05, 0.1) is 63.0 Å². The minimum Gasteiger partial charge on any atom is -0.462 e. The molecule has 0 spiro atoms. The quantitative estimate of drug-likeness (QED) is 0.0597. The zero-order valence-corrected chi connectivity index (χ0v) is 55.7. The normalized spacial score (nSPS) is 36.1. The minimum absolute atomic E-state index is 0.0405. The number of amides is 6. The van der Waals surface area contributed by atoms with E-state index in [0.29, 0.717) is 11.1 Å². The summed E-state index contributed by atoms with van der Waals surface area (Å²) in [5.74, 6) is -8.05. The number of nitrogens with one attached hydrogen (secondary N) is 6.